The number of thiazole rings is 1. The third-order valence-corrected chi connectivity index (χ3v) is 4.82. The van der Waals surface area contributed by atoms with E-state index in [9.17, 15) is 9.59 Å². The first-order valence-corrected chi connectivity index (χ1v) is 9.53. The molecule has 6 nitrogen and oxygen atoms in total. The Morgan fingerprint density at radius 1 is 1.11 bits per heavy atom. The summed E-state index contributed by atoms with van der Waals surface area (Å²) >= 11 is 1.36. The lowest BCUT2D eigenvalue weighted by atomic mass is 10.2. The van der Waals surface area contributed by atoms with Crippen LogP contribution in [0.25, 0.3) is 0 Å². The van der Waals surface area contributed by atoms with Crippen molar-refractivity contribution in [3.63, 3.8) is 0 Å². The highest BCUT2D eigenvalue weighted by Crippen LogP contribution is 2.19. The summed E-state index contributed by atoms with van der Waals surface area (Å²) in [6, 6.07) is 14.5. The summed E-state index contributed by atoms with van der Waals surface area (Å²) in [7, 11) is 1.50. The summed E-state index contributed by atoms with van der Waals surface area (Å²) in [6.45, 7) is 2.02. The van der Waals surface area contributed by atoms with Gasteiger partial charge in [0, 0.05) is 11.1 Å². The molecule has 0 aliphatic carbocycles. The Bertz CT molecular complexity index is 967. The van der Waals surface area contributed by atoms with Gasteiger partial charge in [0.05, 0.1) is 19.2 Å². The minimum Gasteiger partial charge on any atom is -0.496 e. The molecule has 1 heterocycles. The van der Waals surface area contributed by atoms with Crippen LogP contribution in [0.1, 0.15) is 26.6 Å². The number of carbonyl (C=O) groups excluding carboxylic acids is 2. The zero-order chi connectivity index (χ0) is 19.9. The van der Waals surface area contributed by atoms with Gasteiger partial charge < -0.3 is 14.8 Å². The molecule has 144 valence electrons. The minimum atomic E-state index is -0.482. The molecule has 0 fully saturated rings. The molecule has 0 radical (unpaired) electrons. The zero-order valence-electron chi connectivity index (χ0n) is 15.6. The summed E-state index contributed by atoms with van der Waals surface area (Å²) in [5.41, 5.74) is 2.84. The van der Waals surface area contributed by atoms with Crippen LogP contribution in [0, 0.1) is 6.92 Å². The van der Waals surface area contributed by atoms with Crippen molar-refractivity contribution in [1.29, 1.82) is 0 Å². The van der Waals surface area contributed by atoms with Crippen LogP contribution in [0.5, 0.6) is 5.75 Å². The number of ether oxygens (including phenoxy) is 2. The standard InChI is InChI=1S/C21H20N2O4S/c1-14-7-9-15(10-8-14)22-19(24)11-20-23-16(13-28-20)12-27-21(25)17-5-3-4-6-18(17)26-2/h3-10,13H,11-12H2,1-2H3,(H,22,24). The lowest BCUT2D eigenvalue weighted by Gasteiger charge is -2.07. The number of methoxy groups -OCH3 is 1. The number of anilines is 1. The van der Waals surface area contributed by atoms with Crippen molar-refractivity contribution in [2.45, 2.75) is 20.0 Å². The molecule has 0 unspecified atom stereocenters. The number of nitrogens with zero attached hydrogens (tertiary/aromatic N) is 1. The molecule has 3 rings (SSSR count). The van der Waals surface area contributed by atoms with Gasteiger partial charge in [0.15, 0.2) is 0 Å². The van der Waals surface area contributed by atoms with E-state index in [1.165, 1.54) is 18.4 Å². The molecule has 3 aromatic rings. The monoisotopic (exact) mass is 396 g/mol. The summed E-state index contributed by atoms with van der Waals surface area (Å²) in [5, 5.41) is 5.28. The molecule has 1 amide bonds. The fourth-order valence-corrected chi connectivity index (χ4v) is 3.28. The predicted octanol–water partition coefficient (Wildman–Crippen LogP) is 4.00. The highest BCUT2D eigenvalue weighted by molar-refractivity contribution is 7.09. The highest BCUT2D eigenvalue weighted by atomic mass is 32.1. The summed E-state index contributed by atoms with van der Waals surface area (Å²) in [4.78, 5) is 28.7. The second-order valence-electron chi connectivity index (χ2n) is 6.10. The molecule has 0 spiro atoms. The van der Waals surface area contributed by atoms with Gasteiger partial charge in [-0.2, -0.15) is 0 Å². The number of rotatable bonds is 7. The van der Waals surface area contributed by atoms with Gasteiger partial charge in [-0.3, -0.25) is 4.79 Å². The van der Waals surface area contributed by atoms with Crippen molar-refractivity contribution < 1.29 is 19.1 Å². The van der Waals surface area contributed by atoms with Gasteiger partial charge in [-0.15, -0.1) is 11.3 Å². The zero-order valence-corrected chi connectivity index (χ0v) is 16.4. The molecule has 0 aliphatic heterocycles. The second-order valence-corrected chi connectivity index (χ2v) is 7.04. The van der Waals surface area contributed by atoms with Gasteiger partial charge in [0.2, 0.25) is 5.91 Å². The summed E-state index contributed by atoms with van der Waals surface area (Å²) in [6.07, 6.45) is 0.166. The normalized spacial score (nSPS) is 10.4. The number of amides is 1. The first-order chi connectivity index (χ1) is 13.5. The van der Waals surface area contributed by atoms with Crippen LogP contribution in [0.4, 0.5) is 5.69 Å². The van der Waals surface area contributed by atoms with Gasteiger partial charge >= 0.3 is 5.97 Å². The maximum Gasteiger partial charge on any atom is 0.342 e. The molecular weight excluding hydrogens is 376 g/mol. The number of aryl methyl sites for hydroxylation is 1. The smallest absolute Gasteiger partial charge is 0.342 e. The SMILES string of the molecule is COc1ccccc1C(=O)OCc1csc(CC(=O)Nc2ccc(C)cc2)n1. The molecule has 0 saturated carbocycles. The Morgan fingerprint density at radius 3 is 2.61 bits per heavy atom. The number of aromatic nitrogens is 1. The Balaban J connectivity index is 1.53. The number of hydrogen-bond acceptors (Lipinski definition) is 6. The van der Waals surface area contributed by atoms with E-state index in [1.54, 1.807) is 29.6 Å². The molecule has 1 N–H and O–H groups in total. The maximum absolute atomic E-state index is 12.2. The third-order valence-electron chi connectivity index (χ3n) is 3.92. The summed E-state index contributed by atoms with van der Waals surface area (Å²) in [5.74, 6) is -0.167. The number of para-hydroxylation sites is 1. The average molecular weight is 396 g/mol. The molecule has 28 heavy (non-hydrogen) atoms. The fraction of sp³-hybridized carbons (Fsp3) is 0.190. The Morgan fingerprint density at radius 2 is 1.86 bits per heavy atom. The topological polar surface area (TPSA) is 77.5 Å². The van der Waals surface area contributed by atoms with Gasteiger partial charge in [0.1, 0.15) is 22.9 Å². The van der Waals surface area contributed by atoms with Crippen LogP contribution in [0.15, 0.2) is 53.9 Å². The number of esters is 1. The van der Waals surface area contributed by atoms with E-state index in [2.05, 4.69) is 10.3 Å². The number of benzene rings is 2. The highest BCUT2D eigenvalue weighted by Gasteiger charge is 2.14. The van der Waals surface area contributed by atoms with E-state index in [-0.39, 0.29) is 18.9 Å². The predicted molar refractivity (Wildman–Crippen MR) is 108 cm³/mol. The van der Waals surface area contributed by atoms with Crippen LogP contribution >= 0.6 is 11.3 Å². The molecule has 0 bridgehead atoms. The van der Waals surface area contributed by atoms with E-state index >= 15 is 0 Å². The van der Waals surface area contributed by atoms with E-state index in [1.807, 2.05) is 31.2 Å². The van der Waals surface area contributed by atoms with Gasteiger partial charge in [-0.1, -0.05) is 29.8 Å². The summed E-state index contributed by atoms with van der Waals surface area (Å²) < 4.78 is 10.5. The lowest BCUT2D eigenvalue weighted by molar-refractivity contribution is -0.115. The van der Waals surface area contributed by atoms with Crippen molar-refractivity contribution in [2.24, 2.45) is 0 Å². The minimum absolute atomic E-state index is 0.0347. The molecule has 0 atom stereocenters. The molecule has 0 aliphatic rings. The maximum atomic E-state index is 12.2. The fourth-order valence-electron chi connectivity index (χ4n) is 2.51. The molecule has 1 aromatic heterocycles. The first-order valence-electron chi connectivity index (χ1n) is 8.65. The molecular formula is C21H20N2O4S. The van der Waals surface area contributed by atoms with Gasteiger partial charge in [-0.25, -0.2) is 9.78 Å². The molecule has 7 heteroatoms. The van der Waals surface area contributed by atoms with Gasteiger partial charge in [-0.05, 0) is 31.2 Å². The lowest BCUT2D eigenvalue weighted by Crippen LogP contribution is -2.14. The van der Waals surface area contributed by atoms with E-state index in [4.69, 9.17) is 9.47 Å². The third kappa shape index (κ3) is 5.17. The average Bonchev–Trinajstić information content (AvgIpc) is 3.15. The van der Waals surface area contributed by atoms with Gasteiger partial charge in [0.25, 0.3) is 0 Å². The van der Waals surface area contributed by atoms with Crippen molar-refractivity contribution in [1.82, 2.24) is 4.98 Å². The number of hydrogen-bond donors (Lipinski definition) is 1. The van der Waals surface area contributed by atoms with Crippen LogP contribution in [0.2, 0.25) is 0 Å². The van der Waals surface area contributed by atoms with Crippen molar-refractivity contribution in [2.75, 3.05) is 12.4 Å². The first kappa shape index (κ1) is 19.6. The van der Waals surface area contributed by atoms with E-state index < -0.39 is 5.97 Å². The second kappa shape index (κ2) is 9.14. The Kier molecular flexibility index (Phi) is 6.39. The van der Waals surface area contributed by atoms with E-state index in [0.29, 0.717) is 22.0 Å². The van der Waals surface area contributed by atoms with Crippen LogP contribution in [-0.4, -0.2) is 24.0 Å². The van der Waals surface area contributed by atoms with Crippen LogP contribution < -0.4 is 10.1 Å². The molecule has 2 aromatic carbocycles. The van der Waals surface area contributed by atoms with Crippen molar-refractivity contribution in [3.8, 4) is 5.75 Å². The van der Waals surface area contributed by atoms with E-state index in [0.717, 1.165) is 11.3 Å². The van der Waals surface area contributed by atoms with Crippen molar-refractivity contribution >= 4 is 28.9 Å². The van der Waals surface area contributed by atoms with Crippen LogP contribution in [-0.2, 0) is 22.6 Å². The Hall–Kier alpha value is -3.19. The van der Waals surface area contributed by atoms with Crippen LogP contribution in [0.3, 0.4) is 0 Å². The molecule has 0 saturated heterocycles. The number of carbonyl (C=O) groups is 2. The van der Waals surface area contributed by atoms with Crippen molar-refractivity contribution in [3.05, 3.63) is 75.7 Å². The largest absolute Gasteiger partial charge is 0.496 e. The number of nitrogens with one attached hydrogen (secondary N) is 1. The Labute approximate surface area is 167 Å². The quantitative estimate of drug-likeness (QED) is 0.611.